The molecule has 0 fully saturated rings. The van der Waals surface area contributed by atoms with Crippen LogP contribution in [0, 0.1) is 0 Å². The van der Waals surface area contributed by atoms with Gasteiger partial charge in [-0.3, -0.25) is 9.59 Å². The molecule has 0 heterocycles. The molecule has 0 aromatic rings. The summed E-state index contributed by atoms with van der Waals surface area (Å²) in [5.74, 6) is 0. The average molecular weight is 401 g/mol. The Hall–Kier alpha value is 5.49. The van der Waals surface area contributed by atoms with Crippen molar-refractivity contribution in [3.63, 3.8) is 0 Å². The zero-order chi connectivity index (χ0) is 11.3. The standard InChI is InChI=1S/2CH4.2Ca.2K.HO5S.HO4S/c;;;;;;1-4-5-6(2)3;1-4-5(2)3/h2*1H4;;;;;1H;1H/q;;2*+2;;;2*-1. The van der Waals surface area contributed by atoms with Gasteiger partial charge in [0.05, 0.1) is 22.0 Å². The van der Waals surface area contributed by atoms with Gasteiger partial charge in [-0.15, -0.1) is 0 Å². The Labute approximate surface area is 209 Å². The number of hydrogen-bond acceptors (Lipinski definition) is 11. The molecular weight excluding hydrogens is 390 g/mol. The van der Waals surface area contributed by atoms with Crippen LogP contribution in [0.15, 0.2) is 0 Å². The Bertz CT molecular complexity index is 205. The van der Waals surface area contributed by atoms with Crippen molar-refractivity contribution in [1.82, 2.24) is 0 Å². The first-order valence-corrected chi connectivity index (χ1v) is 20.5. The van der Waals surface area contributed by atoms with Gasteiger partial charge < -0.3 is 16.8 Å². The second kappa shape index (κ2) is 43.0. The van der Waals surface area contributed by atoms with E-state index in [1.165, 1.54) is 63.2 Å². The fourth-order valence-electron chi connectivity index (χ4n) is 0.0248. The van der Waals surface area contributed by atoms with Crippen molar-refractivity contribution in [3.8, 4) is 0 Å². The van der Waals surface area contributed by atoms with E-state index in [-0.39, 0.29) is 90.3 Å². The van der Waals surface area contributed by atoms with E-state index in [2.05, 4.69) is 13.7 Å². The van der Waals surface area contributed by atoms with Gasteiger partial charge in [0, 0.05) is 0 Å². The van der Waals surface area contributed by atoms with Crippen molar-refractivity contribution in [2.75, 3.05) is 0 Å². The fourth-order valence-corrected chi connectivity index (χ4v) is 0.0745. The molecule has 88 valence electrons. The molecule has 0 atom stereocenters. The summed E-state index contributed by atoms with van der Waals surface area (Å²) in [6.45, 7) is 0. The van der Waals surface area contributed by atoms with Gasteiger partial charge in [0.15, 0.2) is 0 Å². The third-order valence-electron chi connectivity index (χ3n) is 0.147. The molecular formula is C2H10Ca2K2O9S2+2. The van der Waals surface area contributed by atoms with Crippen molar-refractivity contribution in [2.45, 2.75) is 14.9 Å². The molecule has 0 aliphatic heterocycles. The molecule has 9 nitrogen and oxygen atoms in total. The number of rotatable bonds is 3. The van der Waals surface area contributed by atoms with Crippen LogP contribution in [-0.4, -0.2) is 149 Å². The summed E-state index contributed by atoms with van der Waals surface area (Å²) in [5.41, 5.74) is 0. The first kappa shape index (κ1) is 43.3. The van der Waals surface area contributed by atoms with Gasteiger partial charge in [-0.05, 0) is 0 Å². The van der Waals surface area contributed by atoms with Gasteiger partial charge in [0.25, 0.3) is 0 Å². The first-order chi connectivity index (χ1) is 6.04. The molecule has 0 radical (unpaired) electrons. The van der Waals surface area contributed by atoms with Crippen LogP contribution in [0.2, 0.25) is 0 Å². The molecule has 0 saturated heterocycles. The van der Waals surface area contributed by atoms with Crippen molar-refractivity contribution in [1.29, 1.82) is 0 Å². The van der Waals surface area contributed by atoms with E-state index in [0.717, 1.165) is 0 Å². The van der Waals surface area contributed by atoms with Crippen LogP contribution in [0.4, 0.5) is 0 Å². The van der Waals surface area contributed by atoms with Crippen molar-refractivity contribution in [3.05, 3.63) is 0 Å². The molecule has 0 rings (SSSR count). The summed E-state index contributed by atoms with van der Waals surface area (Å²) in [6.07, 6.45) is 0. The van der Waals surface area contributed by atoms with Gasteiger partial charge >= 0.3 is 139 Å². The van der Waals surface area contributed by atoms with Gasteiger partial charge in [-0.25, -0.2) is 9.59 Å². The van der Waals surface area contributed by atoms with Crippen LogP contribution < -0.4 is 0 Å². The Morgan fingerprint density at radius 1 is 0.824 bits per heavy atom. The molecule has 0 aliphatic rings. The zero-order valence-electron chi connectivity index (χ0n) is 7.98. The van der Waals surface area contributed by atoms with Gasteiger partial charge in [-0.1, -0.05) is 19.9 Å². The molecule has 0 aromatic heterocycles. The van der Waals surface area contributed by atoms with E-state index in [9.17, 15) is 0 Å². The van der Waals surface area contributed by atoms with Crippen LogP contribution in [0.5, 0.6) is 0 Å². The maximum atomic E-state index is 9.09. The second-order valence-corrected chi connectivity index (χ2v) is 1.73. The third kappa shape index (κ3) is 74.2. The minimum absolute atomic E-state index is 0. The molecule has 2 N–H and O–H groups in total. The molecule has 0 aliphatic carbocycles. The Balaban J connectivity index is -0.0000000171. The van der Waals surface area contributed by atoms with Gasteiger partial charge in [0.1, 0.15) is 0 Å². The number of hydrogen-bond donors (Lipinski definition) is 2. The third-order valence-corrected chi connectivity index (χ3v) is 0.441. The predicted octanol–water partition coefficient (Wildman–Crippen LogP) is -0.919. The predicted molar refractivity (Wildman–Crippen MR) is 62.5 cm³/mol. The van der Waals surface area contributed by atoms with E-state index in [1.54, 1.807) is 0 Å². The summed E-state index contributed by atoms with van der Waals surface area (Å²) in [6, 6.07) is 0. The van der Waals surface area contributed by atoms with E-state index < -0.39 is 22.0 Å². The summed E-state index contributed by atoms with van der Waals surface area (Å²) in [4.78, 5) is 0. The molecule has 17 heavy (non-hydrogen) atoms. The summed E-state index contributed by atoms with van der Waals surface area (Å²) >= 11 is 2.50. The van der Waals surface area contributed by atoms with Gasteiger partial charge in [-0.2, -0.15) is 0 Å². The topological polar surface area (TPSA) is 136 Å². The summed E-state index contributed by atoms with van der Waals surface area (Å²) in [5, 5.41) is 16.8. The maximum absolute atomic E-state index is 9.09. The zero-order valence-corrected chi connectivity index (χ0v) is 20.3. The molecule has 0 bridgehead atoms. The van der Waals surface area contributed by atoms with Crippen LogP contribution in [0.3, 0.4) is 0 Å². The molecule has 0 unspecified atom stereocenters. The molecule has 0 spiro atoms. The Kier molecular flexibility index (Phi) is 109. The fraction of sp³-hybridized carbons (Fsp3) is 1.00. The second-order valence-electron chi connectivity index (χ2n) is 0.625. The normalized spacial score (nSPS) is 6.59. The monoisotopic (exact) mass is 400 g/mol. The van der Waals surface area contributed by atoms with Crippen LogP contribution in [0.1, 0.15) is 14.9 Å². The average Bonchev–Trinajstić information content (AvgIpc) is 2.09. The van der Waals surface area contributed by atoms with Crippen molar-refractivity contribution < 1.29 is 41.1 Å². The molecule has 15 heteroatoms. The van der Waals surface area contributed by atoms with Crippen LogP contribution in [0.25, 0.3) is 0 Å². The summed E-state index contributed by atoms with van der Waals surface area (Å²) in [7, 11) is -5.55. The molecule has 0 amide bonds. The summed E-state index contributed by atoms with van der Waals surface area (Å²) < 4.78 is 41.7. The SMILES string of the molecule is C.C.O=[S-](=O)OO.O=[S-](=O)OOO.[Ca+2].[Ca+2].[K][K]. The van der Waals surface area contributed by atoms with Crippen molar-refractivity contribution >= 4 is 161 Å². The van der Waals surface area contributed by atoms with E-state index in [1.807, 2.05) is 0 Å². The Morgan fingerprint density at radius 3 is 1.06 bits per heavy atom. The first-order valence-electron chi connectivity index (χ1n) is 2.53. The van der Waals surface area contributed by atoms with E-state index in [0.29, 0.717) is 0 Å². The van der Waals surface area contributed by atoms with Crippen LogP contribution >= 0.6 is 0 Å². The van der Waals surface area contributed by atoms with Crippen LogP contribution in [-0.2, 0) is 52.5 Å². The van der Waals surface area contributed by atoms with Gasteiger partial charge in [0.2, 0.25) is 0 Å². The molecule has 0 aromatic carbocycles. The van der Waals surface area contributed by atoms with E-state index in [4.69, 9.17) is 27.4 Å². The van der Waals surface area contributed by atoms with Crippen molar-refractivity contribution in [2.24, 2.45) is 0 Å². The quantitative estimate of drug-likeness (QED) is 0.267. The minimum atomic E-state index is -2.79. The van der Waals surface area contributed by atoms with E-state index >= 15 is 0 Å². The Morgan fingerprint density at radius 2 is 1.06 bits per heavy atom. The molecule has 0 saturated carbocycles.